The average molecular weight is 346 g/mol. The molecule has 1 aliphatic rings. The molecule has 0 radical (unpaired) electrons. The maximum atomic E-state index is 12.2. The largest absolute Gasteiger partial charge is 0.466 e. The molecule has 1 fully saturated rings. The fourth-order valence-electron chi connectivity index (χ4n) is 2.65. The fraction of sp³-hybridized carbons (Fsp3) is 0.500. The molecule has 0 unspecified atom stereocenters. The normalized spacial score (nSPS) is 14.9. The van der Waals surface area contributed by atoms with E-state index in [1.807, 2.05) is 24.0 Å². The highest BCUT2D eigenvalue weighted by Crippen LogP contribution is 2.20. The van der Waals surface area contributed by atoms with Crippen LogP contribution >= 0.6 is 11.8 Å². The molecule has 1 heterocycles. The number of hydrogen-bond donors (Lipinski definition) is 0. The van der Waals surface area contributed by atoms with E-state index in [4.69, 9.17) is 10.00 Å². The van der Waals surface area contributed by atoms with Gasteiger partial charge in [-0.25, -0.2) is 0 Å². The molecule has 0 aromatic heterocycles. The van der Waals surface area contributed by atoms with Gasteiger partial charge in [-0.05, 0) is 37.5 Å². The summed E-state index contributed by atoms with van der Waals surface area (Å²) in [6, 6.07) is 9.50. The lowest BCUT2D eigenvalue weighted by Crippen LogP contribution is -2.41. The van der Waals surface area contributed by atoms with Crippen molar-refractivity contribution in [3.8, 4) is 6.07 Å². The Balaban J connectivity index is 1.70. The van der Waals surface area contributed by atoms with Gasteiger partial charge in [-0.1, -0.05) is 12.1 Å². The zero-order chi connectivity index (χ0) is 17.4. The molecule has 1 amide bonds. The van der Waals surface area contributed by atoms with Gasteiger partial charge in [0.2, 0.25) is 5.91 Å². The van der Waals surface area contributed by atoms with Crippen molar-refractivity contribution < 1.29 is 14.3 Å². The van der Waals surface area contributed by atoms with Gasteiger partial charge in [-0.3, -0.25) is 9.59 Å². The highest BCUT2D eigenvalue weighted by atomic mass is 32.2. The lowest BCUT2D eigenvalue weighted by molar-refractivity contribution is -0.151. The second-order valence-electron chi connectivity index (χ2n) is 5.71. The summed E-state index contributed by atoms with van der Waals surface area (Å²) in [5, 5.41) is 8.77. The quantitative estimate of drug-likeness (QED) is 0.741. The number of benzene rings is 1. The molecule has 0 bridgehead atoms. The number of rotatable bonds is 6. The minimum Gasteiger partial charge on any atom is -0.466 e. The van der Waals surface area contributed by atoms with Gasteiger partial charge in [0, 0.05) is 18.8 Å². The van der Waals surface area contributed by atoms with Crippen LogP contribution in [0.4, 0.5) is 0 Å². The Labute approximate surface area is 147 Å². The number of likely N-dealkylation sites (tertiary alicyclic amines) is 1. The number of nitrogens with zero attached hydrogens (tertiary/aromatic N) is 2. The predicted octanol–water partition coefficient (Wildman–Crippen LogP) is 2.59. The first-order valence-electron chi connectivity index (χ1n) is 8.15. The number of piperidine rings is 1. The van der Waals surface area contributed by atoms with Crippen LogP contribution in [0.25, 0.3) is 0 Å². The van der Waals surface area contributed by atoms with Gasteiger partial charge < -0.3 is 9.64 Å². The standard InChI is InChI=1S/C18H22N2O3S/c1-2-23-18(22)16-7-9-20(10-8-16)17(21)13-24-12-15-5-3-14(11-19)4-6-15/h3-6,16H,2,7-10,12-13H2,1H3. The van der Waals surface area contributed by atoms with Crippen molar-refractivity contribution >= 4 is 23.6 Å². The second-order valence-corrected chi connectivity index (χ2v) is 6.69. The predicted molar refractivity (Wildman–Crippen MR) is 93.3 cm³/mol. The highest BCUT2D eigenvalue weighted by molar-refractivity contribution is 7.99. The van der Waals surface area contributed by atoms with Crippen LogP contribution in [-0.2, 0) is 20.1 Å². The van der Waals surface area contributed by atoms with E-state index in [0.717, 1.165) is 11.3 Å². The molecule has 0 spiro atoms. The maximum absolute atomic E-state index is 12.2. The zero-order valence-corrected chi connectivity index (χ0v) is 14.7. The SMILES string of the molecule is CCOC(=O)C1CCN(C(=O)CSCc2ccc(C#N)cc2)CC1. The lowest BCUT2D eigenvalue weighted by Gasteiger charge is -2.30. The van der Waals surface area contributed by atoms with Crippen LogP contribution in [0.3, 0.4) is 0 Å². The van der Waals surface area contributed by atoms with E-state index in [-0.39, 0.29) is 17.8 Å². The van der Waals surface area contributed by atoms with E-state index in [1.165, 1.54) is 0 Å². The van der Waals surface area contributed by atoms with Gasteiger partial charge >= 0.3 is 5.97 Å². The summed E-state index contributed by atoms with van der Waals surface area (Å²) in [7, 11) is 0. The summed E-state index contributed by atoms with van der Waals surface area (Å²) in [4.78, 5) is 25.8. The van der Waals surface area contributed by atoms with Crippen LogP contribution in [-0.4, -0.2) is 42.2 Å². The molecule has 5 nitrogen and oxygen atoms in total. The van der Waals surface area contributed by atoms with Gasteiger partial charge in [0.05, 0.1) is 29.9 Å². The van der Waals surface area contributed by atoms with E-state index in [9.17, 15) is 9.59 Å². The molecule has 2 rings (SSSR count). The van der Waals surface area contributed by atoms with E-state index in [0.29, 0.717) is 43.9 Å². The summed E-state index contributed by atoms with van der Waals surface area (Å²) in [5.41, 5.74) is 1.75. The lowest BCUT2D eigenvalue weighted by atomic mass is 9.97. The van der Waals surface area contributed by atoms with E-state index >= 15 is 0 Å². The molecule has 6 heteroatoms. The van der Waals surface area contributed by atoms with Gasteiger partial charge in [-0.15, -0.1) is 11.8 Å². The molecule has 1 saturated heterocycles. The number of ether oxygens (including phenoxy) is 1. The Morgan fingerprint density at radius 3 is 2.54 bits per heavy atom. The smallest absolute Gasteiger partial charge is 0.309 e. The van der Waals surface area contributed by atoms with E-state index < -0.39 is 0 Å². The van der Waals surface area contributed by atoms with Crippen molar-refractivity contribution in [2.75, 3.05) is 25.4 Å². The minimum atomic E-state index is -0.139. The van der Waals surface area contributed by atoms with Crippen molar-refractivity contribution in [2.45, 2.75) is 25.5 Å². The molecule has 0 N–H and O–H groups in total. The molecule has 1 aromatic carbocycles. The first-order valence-corrected chi connectivity index (χ1v) is 9.30. The van der Waals surface area contributed by atoms with Crippen molar-refractivity contribution in [1.82, 2.24) is 4.90 Å². The van der Waals surface area contributed by atoms with Gasteiger partial charge in [0.1, 0.15) is 0 Å². The topological polar surface area (TPSA) is 70.4 Å². The Morgan fingerprint density at radius 1 is 1.29 bits per heavy atom. The summed E-state index contributed by atoms with van der Waals surface area (Å²) in [6.07, 6.45) is 1.37. The Morgan fingerprint density at radius 2 is 1.96 bits per heavy atom. The van der Waals surface area contributed by atoms with Crippen LogP contribution in [0.15, 0.2) is 24.3 Å². The molecule has 0 aliphatic carbocycles. The van der Waals surface area contributed by atoms with E-state index in [2.05, 4.69) is 6.07 Å². The first-order chi connectivity index (χ1) is 11.6. The number of carbonyl (C=O) groups is 2. The summed E-state index contributed by atoms with van der Waals surface area (Å²) in [5.74, 6) is 1.09. The average Bonchev–Trinajstić information content (AvgIpc) is 2.62. The molecular weight excluding hydrogens is 324 g/mol. The Bertz CT molecular complexity index is 602. The van der Waals surface area contributed by atoms with Crippen molar-refractivity contribution in [3.63, 3.8) is 0 Å². The number of carbonyl (C=O) groups excluding carboxylic acids is 2. The number of esters is 1. The molecule has 1 aromatic rings. The summed E-state index contributed by atoms with van der Waals surface area (Å²) >= 11 is 1.57. The summed E-state index contributed by atoms with van der Waals surface area (Å²) < 4.78 is 5.04. The van der Waals surface area contributed by atoms with Crippen LogP contribution in [0, 0.1) is 17.2 Å². The third kappa shape index (κ3) is 5.27. The van der Waals surface area contributed by atoms with Crippen LogP contribution in [0.5, 0.6) is 0 Å². The highest BCUT2D eigenvalue weighted by Gasteiger charge is 2.27. The van der Waals surface area contributed by atoms with Crippen LogP contribution < -0.4 is 0 Å². The van der Waals surface area contributed by atoms with Crippen molar-refractivity contribution in [2.24, 2.45) is 5.92 Å². The first kappa shape index (κ1) is 18.3. The van der Waals surface area contributed by atoms with Gasteiger partial charge in [0.25, 0.3) is 0 Å². The summed E-state index contributed by atoms with van der Waals surface area (Å²) in [6.45, 7) is 3.46. The minimum absolute atomic E-state index is 0.0692. The molecule has 0 atom stereocenters. The van der Waals surface area contributed by atoms with Crippen molar-refractivity contribution in [1.29, 1.82) is 5.26 Å². The maximum Gasteiger partial charge on any atom is 0.309 e. The number of hydrogen-bond acceptors (Lipinski definition) is 5. The van der Waals surface area contributed by atoms with Gasteiger partial charge in [-0.2, -0.15) is 5.26 Å². The molecule has 128 valence electrons. The van der Waals surface area contributed by atoms with Crippen LogP contribution in [0.1, 0.15) is 30.9 Å². The Hall–Kier alpha value is -2.00. The molecule has 24 heavy (non-hydrogen) atoms. The molecular formula is C18H22N2O3S. The molecule has 0 saturated carbocycles. The Kier molecular flexibility index (Phi) is 7.13. The van der Waals surface area contributed by atoms with Crippen molar-refractivity contribution in [3.05, 3.63) is 35.4 Å². The fourth-order valence-corrected chi connectivity index (χ4v) is 3.54. The number of thioether (sulfide) groups is 1. The number of amides is 1. The monoisotopic (exact) mass is 346 g/mol. The third-order valence-corrected chi connectivity index (χ3v) is 5.03. The van der Waals surface area contributed by atoms with Crippen LogP contribution in [0.2, 0.25) is 0 Å². The van der Waals surface area contributed by atoms with Gasteiger partial charge in [0.15, 0.2) is 0 Å². The number of nitriles is 1. The van der Waals surface area contributed by atoms with E-state index in [1.54, 1.807) is 23.9 Å². The third-order valence-electron chi connectivity index (χ3n) is 4.04. The second kappa shape index (κ2) is 9.33. The molecule has 1 aliphatic heterocycles. The zero-order valence-electron chi connectivity index (χ0n) is 13.9.